The molecule has 1 unspecified atom stereocenters. The molecule has 2 N–H and O–H groups in total. The van der Waals surface area contributed by atoms with Crippen molar-refractivity contribution in [1.82, 2.24) is 15.5 Å². The van der Waals surface area contributed by atoms with Crippen LogP contribution in [0.4, 0.5) is 4.39 Å². The van der Waals surface area contributed by atoms with Crippen molar-refractivity contribution in [2.75, 3.05) is 0 Å². The highest BCUT2D eigenvalue weighted by Gasteiger charge is 2.13. The van der Waals surface area contributed by atoms with Crippen molar-refractivity contribution < 1.29 is 4.39 Å². The number of halogens is 1. The van der Waals surface area contributed by atoms with E-state index in [0.717, 1.165) is 16.8 Å². The zero-order chi connectivity index (χ0) is 14.5. The third-order valence-corrected chi connectivity index (χ3v) is 3.39. The second-order valence-electron chi connectivity index (χ2n) is 4.86. The minimum Gasteiger partial charge on any atom is -0.301 e. The topological polar surface area (TPSA) is 40.7 Å². The molecule has 0 saturated heterocycles. The van der Waals surface area contributed by atoms with E-state index in [1.807, 2.05) is 36.4 Å². The lowest BCUT2D eigenvalue weighted by Gasteiger charge is -2.19. The van der Waals surface area contributed by atoms with Gasteiger partial charge in [0.15, 0.2) is 0 Å². The molecule has 21 heavy (non-hydrogen) atoms. The lowest BCUT2D eigenvalue weighted by molar-refractivity contribution is 0.590. The van der Waals surface area contributed by atoms with Crippen molar-refractivity contribution in [2.45, 2.75) is 12.6 Å². The first kappa shape index (κ1) is 13.5. The van der Waals surface area contributed by atoms with Crippen molar-refractivity contribution in [2.24, 2.45) is 0 Å². The number of hydrogen-bond donors (Lipinski definition) is 2. The van der Waals surface area contributed by atoms with Crippen LogP contribution in [0, 0.1) is 5.82 Å². The molecule has 1 heterocycles. The smallest absolute Gasteiger partial charge is 0.123 e. The Hall–Kier alpha value is -2.46. The highest BCUT2D eigenvalue weighted by molar-refractivity contribution is 5.31. The molecule has 0 amide bonds. The molecule has 0 fully saturated rings. The molecular formula is C17H16FN3. The van der Waals surface area contributed by atoms with E-state index >= 15 is 0 Å². The van der Waals surface area contributed by atoms with Crippen molar-refractivity contribution >= 4 is 0 Å². The maximum Gasteiger partial charge on any atom is 0.123 e. The highest BCUT2D eigenvalue weighted by atomic mass is 19.1. The number of H-pyrrole nitrogens is 1. The van der Waals surface area contributed by atoms with Gasteiger partial charge in [0.1, 0.15) is 5.82 Å². The van der Waals surface area contributed by atoms with E-state index in [1.165, 1.54) is 12.1 Å². The number of benzene rings is 2. The SMILES string of the molecule is Fc1ccc(C(NCc2ccn[nH]2)c2ccccc2)cc1. The summed E-state index contributed by atoms with van der Waals surface area (Å²) < 4.78 is 13.1. The standard InChI is InChI=1S/C17H16FN3/c18-15-8-6-14(7-9-15)17(13-4-2-1-3-5-13)19-12-16-10-11-20-21-16/h1-11,17,19H,12H2,(H,20,21). The predicted molar refractivity (Wildman–Crippen MR) is 80.1 cm³/mol. The van der Waals surface area contributed by atoms with Gasteiger partial charge in [-0.05, 0) is 29.3 Å². The average Bonchev–Trinajstić information content (AvgIpc) is 3.04. The minimum atomic E-state index is -0.223. The molecule has 0 saturated carbocycles. The summed E-state index contributed by atoms with van der Waals surface area (Å²) in [5, 5.41) is 10.4. The Morgan fingerprint density at radius 2 is 1.67 bits per heavy atom. The molecule has 3 aromatic rings. The van der Waals surface area contributed by atoms with Gasteiger partial charge in [-0.25, -0.2) is 4.39 Å². The van der Waals surface area contributed by atoms with Gasteiger partial charge >= 0.3 is 0 Å². The van der Waals surface area contributed by atoms with Crippen LogP contribution in [0.1, 0.15) is 22.9 Å². The third-order valence-electron chi connectivity index (χ3n) is 3.39. The van der Waals surface area contributed by atoms with Crippen molar-refractivity contribution in [3.63, 3.8) is 0 Å². The molecule has 4 heteroatoms. The van der Waals surface area contributed by atoms with Gasteiger partial charge in [-0.2, -0.15) is 5.10 Å². The maximum absolute atomic E-state index is 13.1. The number of rotatable bonds is 5. The van der Waals surface area contributed by atoms with E-state index in [-0.39, 0.29) is 11.9 Å². The summed E-state index contributed by atoms with van der Waals surface area (Å²) in [6.07, 6.45) is 1.73. The van der Waals surface area contributed by atoms with Crippen molar-refractivity contribution in [1.29, 1.82) is 0 Å². The Labute approximate surface area is 122 Å². The molecule has 1 aromatic heterocycles. The second kappa shape index (κ2) is 6.33. The largest absolute Gasteiger partial charge is 0.301 e. The number of aromatic amines is 1. The van der Waals surface area contributed by atoms with E-state index in [4.69, 9.17) is 0 Å². The highest BCUT2D eigenvalue weighted by Crippen LogP contribution is 2.22. The quantitative estimate of drug-likeness (QED) is 0.752. The number of nitrogens with one attached hydrogen (secondary N) is 2. The van der Waals surface area contributed by atoms with Crippen LogP contribution in [0.25, 0.3) is 0 Å². The van der Waals surface area contributed by atoms with E-state index in [2.05, 4.69) is 27.6 Å². The van der Waals surface area contributed by atoms with Gasteiger partial charge in [-0.3, -0.25) is 5.10 Å². The fourth-order valence-corrected chi connectivity index (χ4v) is 2.32. The molecule has 106 valence electrons. The normalized spacial score (nSPS) is 12.2. The van der Waals surface area contributed by atoms with E-state index in [9.17, 15) is 4.39 Å². The maximum atomic E-state index is 13.1. The molecule has 0 spiro atoms. The Morgan fingerprint density at radius 1 is 0.952 bits per heavy atom. The number of nitrogens with zero attached hydrogens (tertiary/aromatic N) is 1. The van der Waals surface area contributed by atoms with Gasteiger partial charge in [0, 0.05) is 18.4 Å². The molecule has 0 aliphatic rings. The van der Waals surface area contributed by atoms with Crippen molar-refractivity contribution in [3.05, 3.63) is 89.5 Å². The second-order valence-corrected chi connectivity index (χ2v) is 4.86. The van der Waals surface area contributed by atoms with Crippen LogP contribution in [0.3, 0.4) is 0 Å². The van der Waals surface area contributed by atoms with E-state index in [1.54, 1.807) is 6.20 Å². The monoisotopic (exact) mass is 281 g/mol. The van der Waals surface area contributed by atoms with Crippen LogP contribution in [0.5, 0.6) is 0 Å². The third kappa shape index (κ3) is 3.35. The fourth-order valence-electron chi connectivity index (χ4n) is 2.32. The van der Waals surface area contributed by atoms with Crippen LogP contribution in [-0.2, 0) is 6.54 Å². The lowest BCUT2D eigenvalue weighted by Crippen LogP contribution is -2.22. The van der Waals surface area contributed by atoms with Crippen LogP contribution in [0.15, 0.2) is 66.9 Å². The molecule has 2 aromatic carbocycles. The van der Waals surface area contributed by atoms with Crippen molar-refractivity contribution in [3.8, 4) is 0 Å². The molecular weight excluding hydrogens is 265 g/mol. The van der Waals surface area contributed by atoms with Gasteiger partial charge in [0.2, 0.25) is 0 Å². The molecule has 0 bridgehead atoms. The summed E-state index contributed by atoms with van der Waals surface area (Å²) in [6, 6.07) is 18.7. The van der Waals surface area contributed by atoms with Crippen LogP contribution < -0.4 is 5.32 Å². The first-order valence-electron chi connectivity index (χ1n) is 6.85. The summed E-state index contributed by atoms with van der Waals surface area (Å²) in [4.78, 5) is 0. The summed E-state index contributed by atoms with van der Waals surface area (Å²) in [7, 11) is 0. The lowest BCUT2D eigenvalue weighted by atomic mass is 9.98. The number of aromatic nitrogens is 2. The van der Waals surface area contributed by atoms with Crippen LogP contribution >= 0.6 is 0 Å². The first-order valence-corrected chi connectivity index (χ1v) is 6.85. The van der Waals surface area contributed by atoms with Gasteiger partial charge in [-0.1, -0.05) is 42.5 Å². The summed E-state index contributed by atoms with van der Waals surface area (Å²) >= 11 is 0. The van der Waals surface area contributed by atoms with E-state index in [0.29, 0.717) is 6.54 Å². The minimum absolute atomic E-state index is 0.00935. The zero-order valence-electron chi connectivity index (χ0n) is 11.5. The Balaban J connectivity index is 1.85. The summed E-state index contributed by atoms with van der Waals surface area (Å²) in [5.74, 6) is -0.223. The number of hydrogen-bond acceptors (Lipinski definition) is 2. The van der Waals surface area contributed by atoms with Gasteiger partial charge in [0.05, 0.1) is 6.04 Å². The molecule has 1 atom stereocenters. The van der Waals surface area contributed by atoms with Gasteiger partial charge < -0.3 is 5.32 Å². The molecule has 0 radical (unpaired) electrons. The van der Waals surface area contributed by atoms with Crippen LogP contribution in [-0.4, -0.2) is 10.2 Å². The van der Waals surface area contributed by atoms with Gasteiger partial charge in [-0.15, -0.1) is 0 Å². The molecule has 0 aliphatic carbocycles. The first-order chi connectivity index (χ1) is 10.3. The zero-order valence-corrected chi connectivity index (χ0v) is 11.5. The summed E-state index contributed by atoms with van der Waals surface area (Å²) in [6.45, 7) is 0.664. The fraction of sp³-hybridized carbons (Fsp3) is 0.118. The Morgan fingerprint density at radius 3 is 2.33 bits per heavy atom. The molecule has 0 aliphatic heterocycles. The molecule has 3 nitrogen and oxygen atoms in total. The van der Waals surface area contributed by atoms with Gasteiger partial charge in [0.25, 0.3) is 0 Å². The van der Waals surface area contributed by atoms with Crippen LogP contribution in [0.2, 0.25) is 0 Å². The van der Waals surface area contributed by atoms with E-state index < -0.39 is 0 Å². The molecule has 3 rings (SSSR count). The Kier molecular flexibility index (Phi) is 4.07. The Bertz CT molecular complexity index is 663. The predicted octanol–water partition coefficient (Wildman–Crippen LogP) is 3.43. The summed E-state index contributed by atoms with van der Waals surface area (Å²) in [5.41, 5.74) is 3.18. The average molecular weight is 281 g/mol.